The van der Waals surface area contributed by atoms with Crippen molar-refractivity contribution in [3.63, 3.8) is 0 Å². The van der Waals surface area contributed by atoms with E-state index in [2.05, 4.69) is 17.6 Å². The molecule has 4 aliphatic rings. The second kappa shape index (κ2) is 17.2. The van der Waals surface area contributed by atoms with Crippen molar-refractivity contribution in [2.75, 3.05) is 5.88 Å². The van der Waals surface area contributed by atoms with Crippen LogP contribution in [0.15, 0.2) is 48.1 Å². The number of hydrogen-bond donors (Lipinski definition) is 4. The van der Waals surface area contributed by atoms with Crippen LogP contribution in [0.4, 0.5) is 0 Å². The lowest BCUT2D eigenvalue weighted by Crippen LogP contribution is -2.59. The number of aliphatic hydroxyl groups excluding tert-OH is 1. The second-order valence-electron chi connectivity index (χ2n) is 14.0. The molecule has 0 radical (unpaired) electrons. The minimum Gasteiger partial charge on any atom is -0.459 e. The maximum absolute atomic E-state index is 12.9. The van der Waals surface area contributed by atoms with Crippen LogP contribution in [0.1, 0.15) is 73.1 Å². The number of esters is 1. The van der Waals surface area contributed by atoms with Crippen LogP contribution in [0, 0.1) is 5.92 Å². The first kappa shape index (κ1) is 39.4. The third-order valence-electron chi connectivity index (χ3n) is 9.76. The molecule has 0 spiro atoms. The summed E-state index contributed by atoms with van der Waals surface area (Å²) in [6.07, 6.45) is 9.27. The number of nitrogens with zero attached hydrogens (tertiary/aromatic N) is 1. The Bertz CT molecular complexity index is 1390. The number of amides is 4. The molecule has 1 aliphatic carbocycles. The Balaban J connectivity index is 1.25. The van der Waals surface area contributed by atoms with Crippen molar-refractivity contribution in [3.8, 4) is 0 Å². The number of hydrogen-bond acceptors (Lipinski definition) is 10. The fourth-order valence-electron chi connectivity index (χ4n) is 6.84. The zero-order chi connectivity index (χ0) is 36.7. The molecular formula is C36H50ClN3O10. The van der Waals surface area contributed by atoms with E-state index in [0.29, 0.717) is 19.3 Å². The first-order valence-electron chi connectivity index (χ1n) is 17.2. The van der Waals surface area contributed by atoms with Crippen LogP contribution in [-0.4, -0.2) is 111 Å². The molecule has 276 valence electrons. The largest absolute Gasteiger partial charge is 0.459 e. The molecule has 1 saturated carbocycles. The summed E-state index contributed by atoms with van der Waals surface area (Å²) in [5.41, 5.74) is -0.780. The van der Waals surface area contributed by atoms with Crippen molar-refractivity contribution >= 4 is 41.2 Å². The lowest BCUT2D eigenvalue weighted by atomic mass is 9.83. The van der Waals surface area contributed by atoms with E-state index in [0.717, 1.165) is 12.0 Å². The van der Waals surface area contributed by atoms with E-state index in [1.54, 1.807) is 19.1 Å². The molecule has 3 fully saturated rings. The summed E-state index contributed by atoms with van der Waals surface area (Å²) in [7, 11) is 0. The monoisotopic (exact) mass is 719 g/mol. The lowest BCUT2D eigenvalue weighted by molar-refractivity contribution is -0.195. The van der Waals surface area contributed by atoms with E-state index in [1.807, 2.05) is 19.9 Å². The van der Waals surface area contributed by atoms with Gasteiger partial charge in [-0.25, -0.2) is 0 Å². The molecule has 0 bridgehead atoms. The van der Waals surface area contributed by atoms with E-state index >= 15 is 0 Å². The topological polar surface area (TPSA) is 181 Å². The number of aliphatic hydroxyl groups is 2. The van der Waals surface area contributed by atoms with Crippen molar-refractivity contribution in [2.24, 2.45) is 5.92 Å². The molecule has 0 aromatic rings. The first-order chi connectivity index (χ1) is 23.6. The van der Waals surface area contributed by atoms with Crippen LogP contribution >= 0.6 is 11.6 Å². The number of rotatable bonds is 13. The van der Waals surface area contributed by atoms with Gasteiger partial charge in [0.05, 0.1) is 36.7 Å². The highest BCUT2D eigenvalue weighted by Gasteiger charge is 2.48. The average Bonchev–Trinajstić information content (AvgIpc) is 3.36. The van der Waals surface area contributed by atoms with Gasteiger partial charge < -0.3 is 35.1 Å². The molecule has 0 aromatic carbocycles. The van der Waals surface area contributed by atoms with E-state index in [9.17, 15) is 34.2 Å². The zero-order valence-electron chi connectivity index (χ0n) is 29.3. The smallest absolute Gasteiger partial charge is 0.303 e. The average molecular weight is 720 g/mol. The minimum absolute atomic E-state index is 0.0276. The summed E-state index contributed by atoms with van der Waals surface area (Å²) in [6.45, 7) is 8.88. The zero-order valence-corrected chi connectivity index (χ0v) is 30.0. The van der Waals surface area contributed by atoms with Gasteiger partial charge in [0.1, 0.15) is 23.9 Å². The van der Waals surface area contributed by atoms with Crippen molar-refractivity contribution in [3.05, 3.63) is 48.1 Å². The molecule has 14 heteroatoms. The molecule has 1 unspecified atom stereocenters. The molecule has 0 aromatic heterocycles. The van der Waals surface area contributed by atoms with Gasteiger partial charge in [-0.1, -0.05) is 30.7 Å². The number of carbonyl (C=O) groups excluding carboxylic acids is 5. The molecule has 3 aliphatic heterocycles. The summed E-state index contributed by atoms with van der Waals surface area (Å²) in [5.74, 6) is -1.78. The van der Waals surface area contributed by atoms with Gasteiger partial charge in [0.15, 0.2) is 0 Å². The van der Waals surface area contributed by atoms with Crippen LogP contribution in [0.3, 0.4) is 0 Å². The van der Waals surface area contributed by atoms with Gasteiger partial charge in [0.25, 0.3) is 11.8 Å². The highest BCUT2D eigenvalue weighted by Crippen LogP contribution is 2.34. The second-order valence-corrected chi connectivity index (χ2v) is 14.3. The summed E-state index contributed by atoms with van der Waals surface area (Å²) in [4.78, 5) is 61.4. The van der Waals surface area contributed by atoms with E-state index in [-0.39, 0.29) is 78.6 Å². The number of carbonyl (C=O) groups is 5. The fourth-order valence-corrected chi connectivity index (χ4v) is 7.10. The molecule has 4 amide bonds. The van der Waals surface area contributed by atoms with Gasteiger partial charge in [-0.05, 0) is 58.4 Å². The number of imide groups is 1. The van der Waals surface area contributed by atoms with Gasteiger partial charge in [-0.3, -0.25) is 28.9 Å². The maximum Gasteiger partial charge on any atom is 0.303 e. The Morgan fingerprint density at radius 1 is 1.10 bits per heavy atom. The molecule has 4 rings (SSSR count). The summed E-state index contributed by atoms with van der Waals surface area (Å²) >= 11 is 6.08. The van der Waals surface area contributed by atoms with Crippen molar-refractivity contribution in [1.29, 1.82) is 0 Å². The highest BCUT2D eigenvalue weighted by molar-refractivity contribution is 6.18. The first-order valence-corrected chi connectivity index (χ1v) is 17.7. The van der Waals surface area contributed by atoms with Crippen LogP contribution in [0.5, 0.6) is 0 Å². The molecule has 9 atom stereocenters. The number of halogens is 1. The quantitative estimate of drug-likeness (QED) is 0.0724. The van der Waals surface area contributed by atoms with Gasteiger partial charge in [-0.2, -0.15) is 0 Å². The van der Waals surface area contributed by atoms with Crippen LogP contribution < -0.4 is 10.6 Å². The van der Waals surface area contributed by atoms with Gasteiger partial charge in [0.2, 0.25) is 11.8 Å². The third kappa shape index (κ3) is 10.3. The number of ether oxygens (including phenoxy) is 3. The summed E-state index contributed by atoms with van der Waals surface area (Å²) in [5, 5.41) is 27.9. The maximum atomic E-state index is 12.9. The molecule has 2 saturated heterocycles. The van der Waals surface area contributed by atoms with Crippen LogP contribution in [0.25, 0.3) is 0 Å². The van der Waals surface area contributed by atoms with E-state index in [1.165, 1.54) is 36.1 Å². The molecule has 4 N–H and O–H groups in total. The predicted octanol–water partition coefficient (Wildman–Crippen LogP) is 2.14. The SMILES string of the molecule is CC(=O)OC(C)/C=C\C(=O)N[C@@H]1C[C@H](C)[C@H](C/C=C(C)/C=C/[C@H]2O[C@H](CC(=O)N[C@H]3C[C@H](N4C(=O)C=CC4=O)C3)C[C@@](O)(CCl)[C@@H]2O)O[C@@H]1C. The fraction of sp³-hybridized carbons (Fsp3) is 0.639. The standard InChI is InChI=1S/C36H50ClN3O10/c1-20(6-9-29-21(2)14-28(23(4)49-29)39-31(42)11-8-22(3)48-24(5)41)7-10-30-35(46)36(47,19-37)18-27(50-30)17-32(43)38-25-15-26(16-25)40-33(44)12-13-34(40)45/h6-8,10-13,21-23,25-30,35,46-47H,9,14-19H2,1-5H3,(H,38,43)(H,39,42)/b10-7+,11-8-,20-6+/t21-,22?,23+,25-,26-,27+,28+,29-,30+,35+,36+/m0/s1. The van der Waals surface area contributed by atoms with Crippen molar-refractivity contribution < 1.29 is 48.4 Å². The van der Waals surface area contributed by atoms with Gasteiger partial charge in [-0.15, -0.1) is 11.6 Å². The van der Waals surface area contributed by atoms with Gasteiger partial charge in [0, 0.05) is 43.7 Å². The lowest BCUT2D eigenvalue weighted by Gasteiger charge is -2.44. The number of allylic oxidation sites excluding steroid dienone is 2. The number of alkyl halides is 1. The Morgan fingerprint density at radius 3 is 2.42 bits per heavy atom. The van der Waals surface area contributed by atoms with E-state index in [4.69, 9.17) is 25.8 Å². The summed E-state index contributed by atoms with van der Waals surface area (Å²) in [6, 6.07) is -0.613. The Kier molecular flexibility index (Phi) is 13.6. The minimum atomic E-state index is -1.66. The summed E-state index contributed by atoms with van der Waals surface area (Å²) < 4.78 is 17.3. The molecular weight excluding hydrogens is 670 g/mol. The third-order valence-corrected chi connectivity index (χ3v) is 10.2. The van der Waals surface area contributed by atoms with Crippen LogP contribution in [0.2, 0.25) is 0 Å². The predicted molar refractivity (Wildman–Crippen MR) is 183 cm³/mol. The number of nitrogens with one attached hydrogen (secondary N) is 2. The van der Waals surface area contributed by atoms with Gasteiger partial charge >= 0.3 is 5.97 Å². The van der Waals surface area contributed by atoms with E-state index < -0.39 is 36.0 Å². The Hall–Kier alpha value is -3.36. The normalized spacial score (nSPS) is 35.3. The Labute approximate surface area is 298 Å². The molecule has 3 heterocycles. The van der Waals surface area contributed by atoms with Crippen molar-refractivity contribution in [1.82, 2.24) is 15.5 Å². The van der Waals surface area contributed by atoms with Crippen molar-refractivity contribution in [2.45, 2.75) is 133 Å². The van der Waals surface area contributed by atoms with Crippen LogP contribution in [-0.2, 0) is 38.2 Å². The Morgan fingerprint density at radius 2 is 1.78 bits per heavy atom. The highest BCUT2D eigenvalue weighted by atomic mass is 35.5. The molecule has 50 heavy (non-hydrogen) atoms. The molecule has 13 nitrogen and oxygen atoms in total.